The van der Waals surface area contributed by atoms with Gasteiger partial charge in [0.15, 0.2) is 0 Å². The van der Waals surface area contributed by atoms with Crippen molar-refractivity contribution < 1.29 is 4.79 Å². The fourth-order valence-corrected chi connectivity index (χ4v) is 1.61. The highest BCUT2D eigenvalue weighted by molar-refractivity contribution is 5.85. The van der Waals surface area contributed by atoms with Crippen LogP contribution in [0.25, 0.3) is 0 Å². The monoisotopic (exact) mass is 248 g/mol. The quantitative estimate of drug-likeness (QED) is 0.810. The highest BCUT2D eigenvalue weighted by Crippen LogP contribution is 2.28. The smallest absolute Gasteiger partial charge is 0.222 e. The minimum Gasteiger partial charge on any atom is -0.340 e. The Labute approximate surface area is 105 Å². The van der Waals surface area contributed by atoms with Crippen molar-refractivity contribution in [3.63, 3.8) is 0 Å². The first kappa shape index (κ1) is 15.7. The molecular formula is C12H25ClN2O. The molecule has 1 saturated heterocycles. The first-order valence-electron chi connectivity index (χ1n) is 5.90. The minimum atomic E-state index is 0. The van der Waals surface area contributed by atoms with E-state index < -0.39 is 0 Å². The molecule has 0 radical (unpaired) electrons. The lowest BCUT2D eigenvalue weighted by Crippen LogP contribution is -2.47. The average molecular weight is 249 g/mol. The zero-order valence-electron chi connectivity index (χ0n) is 10.9. The van der Waals surface area contributed by atoms with Gasteiger partial charge in [0.2, 0.25) is 5.91 Å². The Balaban J connectivity index is 0.00000225. The predicted molar refractivity (Wildman–Crippen MR) is 69.9 cm³/mol. The summed E-state index contributed by atoms with van der Waals surface area (Å²) in [6, 6.07) is 0. The maximum Gasteiger partial charge on any atom is 0.222 e. The SMILES string of the molecule is CC(CC(=O)N1CCNCC1)C(C)(C)C.Cl. The summed E-state index contributed by atoms with van der Waals surface area (Å²) in [6.45, 7) is 12.4. The normalized spacial score (nSPS) is 18.9. The van der Waals surface area contributed by atoms with E-state index in [1.807, 2.05) is 4.90 Å². The van der Waals surface area contributed by atoms with Crippen LogP contribution in [0.1, 0.15) is 34.1 Å². The van der Waals surface area contributed by atoms with Crippen molar-refractivity contribution in [1.82, 2.24) is 10.2 Å². The molecule has 1 rings (SSSR count). The summed E-state index contributed by atoms with van der Waals surface area (Å²) < 4.78 is 0. The lowest BCUT2D eigenvalue weighted by Gasteiger charge is -2.32. The van der Waals surface area contributed by atoms with Gasteiger partial charge in [0, 0.05) is 32.6 Å². The van der Waals surface area contributed by atoms with Crippen LogP contribution in [0.3, 0.4) is 0 Å². The highest BCUT2D eigenvalue weighted by Gasteiger charge is 2.25. The fraction of sp³-hybridized carbons (Fsp3) is 0.917. The first-order chi connectivity index (χ1) is 6.91. The van der Waals surface area contributed by atoms with Crippen molar-refractivity contribution in [1.29, 1.82) is 0 Å². The Kier molecular flexibility index (Phi) is 6.34. The van der Waals surface area contributed by atoms with Crippen LogP contribution in [0.4, 0.5) is 0 Å². The number of piperazine rings is 1. The fourth-order valence-electron chi connectivity index (χ4n) is 1.61. The molecule has 1 unspecified atom stereocenters. The number of hydrogen-bond donors (Lipinski definition) is 1. The van der Waals surface area contributed by atoms with E-state index in [1.165, 1.54) is 0 Å². The lowest BCUT2D eigenvalue weighted by atomic mass is 9.80. The molecule has 3 nitrogen and oxygen atoms in total. The van der Waals surface area contributed by atoms with Crippen molar-refractivity contribution in [2.24, 2.45) is 11.3 Å². The van der Waals surface area contributed by atoms with E-state index in [-0.39, 0.29) is 17.8 Å². The van der Waals surface area contributed by atoms with Crippen molar-refractivity contribution >= 4 is 18.3 Å². The van der Waals surface area contributed by atoms with Gasteiger partial charge in [0.05, 0.1) is 0 Å². The summed E-state index contributed by atoms with van der Waals surface area (Å²) in [4.78, 5) is 13.9. The first-order valence-corrected chi connectivity index (χ1v) is 5.90. The van der Waals surface area contributed by atoms with Gasteiger partial charge in [-0.3, -0.25) is 4.79 Å². The second kappa shape index (κ2) is 6.45. The summed E-state index contributed by atoms with van der Waals surface area (Å²) in [5, 5.41) is 3.26. The van der Waals surface area contributed by atoms with E-state index in [9.17, 15) is 4.79 Å². The molecule has 0 aliphatic carbocycles. The minimum absolute atomic E-state index is 0. The van der Waals surface area contributed by atoms with Crippen LogP contribution in [-0.2, 0) is 4.79 Å². The van der Waals surface area contributed by atoms with E-state index in [0.29, 0.717) is 18.2 Å². The van der Waals surface area contributed by atoms with Gasteiger partial charge in [0.1, 0.15) is 0 Å². The number of hydrogen-bond acceptors (Lipinski definition) is 2. The van der Waals surface area contributed by atoms with E-state index in [1.54, 1.807) is 0 Å². The van der Waals surface area contributed by atoms with Crippen LogP contribution in [0.15, 0.2) is 0 Å². The number of carbonyl (C=O) groups is 1. The Morgan fingerprint density at radius 1 is 1.31 bits per heavy atom. The maximum absolute atomic E-state index is 12.0. The molecule has 1 fully saturated rings. The lowest BCUT2D eigenvalue weighted by molar-refractivity contribution is -0.133. The summed E-state index contributed by atoms with van der Waals surface area (Å²) in [7, 11) is 0. The van der Waals surface area contributed by atoms with Gasteiger partial charge in [-0.1, -0.05) is 27.7 Å². The van der Waals surface area contributed by atoms with Crippen LogP contribution in [0.5, 0.6) is 0 Å². The molecule has 1 amide bonds. The number of carbonyl (C=O) groups excluding carboxylic acids is 1. The Bertz CT molecular complexity index is 220. The number of nitrogens with one attached hydrogen (secondary N) is 1. The second-order valence-electron chi connectivity index (χ2n) is 5.60. The van der Waals surface area contributed by atoms with Gasteiger partial charge in [0.25, 0.3) is 0 Å². The topological polar surface area (TPSA) is 32.3 Å². The van der Waals surface area contributed by atoms with E-state index in [2.05, 4.69) is 33.0 Å². The molecule has 0 bridgehead atoms. The van der Waals surface area contributed by atoms with Gasteiger partial charge < -0.3 is 10.2 Å². The predicted octanol–water partition coefficient (Wildman–Crippen LogP) is 1.91. The molecule has 1 atom stereocenters. The molecule has 1 heterocycles. The summed E-state index contributed by atoms with van der Waals surface area (Å²) in [6.07, 6.45) is 0.684. The standard InChI is InChI=1S/C12H24N2O.ClH/c1-10(12(2,3)4)9-11(15)14-7-5-13-6-8-14;/h10,13H,5-9H2,1-4H3;1H. The van der Waals surface area contributed by atoms with Crippen LogP contribution in [-0.4, -0.2) is 37.0 Å². The number of halogens is 1. The molecule has 1 N–H and O–H groups in total. The Hall–Kier alpha value is -0.280. The molecule has 96 valence electrons. The van der Waals surface area contributed by atoms with Crippen molar-refractivity contribution in [3.05, 3.63) is 0 Å². The Morgan fingerprint density at radius 2 is 1.81 bits per heavy atom. The largest absolute Gasteiger partial charge is 0.340 e. The van der Waals surface area contributed by atoms with Gasteiger partial charge in [-0.15, -0.1) is 12.4 Å². The van der Waals surface area contributed by atoms with Crippen LogP contribution in [0, 0.1) is 11.3 Å². The summed E-state index contributed by atoms with van der Waals surface area (Å²) in [5.41, 5.74) is 0.226. The van der Waals surface area contributed by atoms with Crippen LogP contribution in [0.2, 0.25) is 0 Å². The number of amides is 1. The van der Waals surface area contributed by atoms with E-state index in [4.69, 9.17) is 0 Å². The van der Waals surface area contributed by atoms with Crippen molar-refractivity contribution in [2.75, 3.05) is 26.2 Å². The Morgan fingerprint density at radius 3 is 2.25 bits per heavy atom. The molecule has 0 aromatic carbocycles. The molecule has 0 spiro atoms. The third-order valence-electron chi connectivity index (χ3n) is 3.43. The number of nitrogens with zero attached hydrogens (tertiary/aromatic N) is 1. The third-order valence-corrected chi connectivity index (χ3v) is 3.43. The van der Waals surface area contributed by atoms with E-state index >= 15 is 0 Å². The summed E-state index contributed by atoms with van der Waals surface area (Å²) >= 11 is 0. The second-order valence-corrected chi connectivity index (χ2v) is 5.60. The maximum atomic E-state index is 12.0. The van der Waals surface area contributed by atoms with Crippen LogP contribution >= 0.6 is 12.4 Å². The molecule has 1 aliphatic rings. The van der Waals surface area contributed by atoms with Crippen molar-refractivity contribution in [2.45, 2.75) is 34.1 Å². The van der Waals surface area contributed by atoms with Gasteiger partial charge in [-0.25, -0.2) is 0 Å². The number of rotatable bonds is 2. The molecule has 0 aromatic rings. The highest BCUT2D eigenvalue weighted by atomic mass is 35.5. The van der Waals surface area contributed by atoms with Gasteiger partial charge in [-0.2, -0.15) is 0 Å². The van der Waals surface area contributed by atoms with Gasteiger partial charge >= 0.3 is 0 Å². The molecular weight excluding hydrogens is 224 g/mol. The summed E-state index contributed by atoms with van der Waals surface area (Å²) in [5.74, 6) is 0.763. The average Bonchev–Trinajstić information content (AvgIpc) is 2.17. The third kappa shape index (κ3) is 4.71. The van der Waals surface area contributed by atoms with Crippen LogP contribution < -0.4 is 5.32 Å². The molecule has 0 saturated carbocycles. The molecule has 0 aromatic heterocycles. The van der Waals surface area contributed by atoms with Gasteiger partial charge in [-0.05, 0) is 11.3 Å². The van der Waals surface area contributed by atoms with Crippen molar-refractivity contribution in [3.8, 4) is 0 Å². The molecule has 4 heteroatoms. The molecule has 16 heavy (non-hydrogen) atoms. The molecule has 1 aliphatic heterocycles. The zero-order valence-corrected chi connectivity index (χ0v) is 11.7. The zero-order chi connectivity index (χ0) is 11.5. The van der Waals surface area contributed by atoms with E-state index in [0.717, 1.165) is 26.2 Å².